The number of rotatable bonds is 4. The van der Waals surface area contributed by atoms with Crippen LogP contribution in [-0.2, 0) is 13.0 Å². The molecule has 0 fully saturated rings. The summed E-state index contributed by atoms with van der Waals surface area (Å²) in [6, 6.07) is 10.2. The van der Waals surface area contributed by atoms with Crippen LogP contribution in [0.15, 0.2) is 30.3 Å². The Labute approximate surface area is 119 Å². The van der Waals surface area contributed by atoms with Crippen LogP contribution in [0.25, 0.3) is 0 Å². The Morgan fingerprint density at radius 1 is 1.21 bits per heavy atom. The predicted octanol–water partition coefficient (Wildman–Crippen LogP) is 3.64. The van der Waals surface area contributed by atoms with Gasteiger partial charge in [0, 0.05) is 26.1 Å². The van der Waals surface area contributed by atoms with Gasteiger partial charge in [0.2, 0.25) is 0 Å². The van der Waals surface area contributed by atoms with Crippen molar-refractivity contribution in [2.75, 3.05) is 11.9 Å². The molecule has 0 spiro atoms. The molecule has 0 N–H and O–H groups in total. The lowest BCUT2D eigenvalue weighted by Crippen LogP contribution is -2.19. The first-order valence-corrected chi connectivity index (χ1v) is 6.77. The van der Waals surface area contributed by atoms with E-state index in [1.165, 1.54) is 11.1 Å². The van der Waals surface area contributed by atoms with Gasteiger partial charge in [-0.1, -0.05) is 42.8 Å². The van der Waals surface area contributed by atoms with Crippen molar-refractivity contribution in [1.29, 1.82) is 0 Å². The van der Waals surface area contributed by atoms with Crippen molar-refractivity contribution in [3.63, 3.8) is 0 Å². The van der Waals surface area contributed by atoms with Crippen LogP contribution in [0.3, 0.4) is 0 Å². The van der Waals surface area contributed by atoms with Gasteiger partial charge in [-0.15, -0.1) is 0 Å². The van der Waals surface area contributed by atoms with Crippen molar-refractivity contribution >= 4 is 17.4 Å². The molecular formula is C15H18ClN3. The molecule has 1 aromatic heterocycles. The van der Waals surface area contributed by atoms with Gasteiger partial charge in [-0.3, -0.25) is 0 Å². The predicted molar refractivity (Wildman–Crippen MR) is 79.7 cm³/mol. The first-order chi connectivity index (χ1) is 9.10. The Balaban J connectivity index is 2.22. The molecule has 0 saturated carbocycles. The Morgan fingerprint density at radius 2 is 1.95 bits per heavy atom. The minimum atomic E-state index is 0.499. The summed E-state index contributed by atoms with van der Waals surface area (Å²) >= 11 is 6.03. The molecule has 1 heterocycles. The highest BCUT2D eigenvalue weighted by atomic mass is 35.5. The topological polar surface area (TPSA) is 29.0 Å². The molecule has 0 aliphatic heterocycles. The third-order valence-electron chi connectivity index (χ3n) is 3.10. The monoisotopic (exact) mass is 275 g/mol. The summed E-state index contributed by atoms with van der Waals surface area (Å²) in [5, 5.41) is 0.499. The Bertz CT molecular complexity index is 569. The van der Waals surface area contributed by atoms with Crippen molar-refractivity contribution in [1.82, 2.24) is 9.97 Å². The molecule has 0 saturated heterocycles. The second-order valence-corrected chi connectivity index (χ2v) is 4.99. The van der Waals surface area contributed by atoms with Crippen molar-refractivity contribution in [3.8, 4) is 0 Å². The van der Waals surface area contributed by atoms with Gasteiger partial charge in [-0.2, -0.15) is 0 Å². The molecular weight excluding hydrogens is 258 g/mol. The number of aryl methyl sites for hydroxylation is 2. The normalized spacial score (nSPS) is 10.5. The number of anilines is 1. The third kappa shape index (κ3) is 3.44. The number of benzene rings is 1. The summed E-state index contributed by atoms with van der Waals surface area (Å²) < 4.78 is 0. The fourth-order valence-electron chi connectivity index (χ4n) is 1.93. The van der Waals surface area contributed by atoms with Crippen molar-refractivity contribution in [3.05, 3.63) is 52.4 Å². The highest BCUT2D eigenvalue weighted by molar-refractivity contribution is 6.29. The Morgan fingerprint density at radius 3 is 2.63 bits per heavy atom. The van der Waals surface area contributed by atoms with E-state index in [1.54, 1.807) is 6.07 Å². The van der Waals surface area contributed by atoms with E-state index in [0.717, 1.165) is 24.6 Å². The van der Waals surface area contributed by atoms with Gasteiger partial charge in [0.25, 0.3) is 0 Å². The van der Waals surface area contributed by atoms with Crippen LogP contribution in [-0.4, -0.2) is 17.0 Å². The first kappa shape index (κ1) is 13.8. The summed E-state index contributed by atoms with van der Waals surface area (Å²) in [7, 11) is 2.02. The van der Waals surface area contributed by atoms with Crippen LogP contribution < -0.4 is 4.90 Å². The van der Waals surface area contributed by atoms with Crippen LogP contribution in [0.4, 0.5) is 5.82 Å². The third-order valence-corrected chi connectivity index (χ3v) is 3.30. The number of nitrogens with zero attached hydrogens (tertiary/aromatic N) is 3. The molecule has 0 unspecified atom stereocenters. The average Bonchev–Trinajstić information content (AvgIpc) is 2.40. The molecule has 100 valence electrons. The van der Waals surface area contributed by atoms with E-state index in [0.29, 0.717) is 5.15 Å². The van der Waals surface area contributed by atoms with Gasteiger partial charge < -0.3 is 4.90 Å². The van der Waals surface area contributed by atoms with Gasteiger partial charge in [-0.25, -0.2) is 9.97 Å². The fourth-order valence-corrected chi connectivity index (χ4v) is 2.12. The number of halogens is 1. The van der Waals surface area contributed by atoms with E-state index in [4.69, 9.17) is 11.6 Å². The molecule has 4 heteroatoms. The van der Waals surface area contributed by atoms with E-state index in [9.17, 15) is 0 Å². The molecule has 0 amide bonds. The zero-order valence-electron chi connectivity index (χ0n) is 11.5. The second kappa shape index (κ2) is 6.02. The first-order valence-electron chi connectivity index (χ1n) is 6.39. The summed E-state index contributed by atoms with van der Waals surface area (Å²) in [6.45, 7) is 4.95. The Kier molecular flexibility index (Phi) is 4.38. The molecule has 2 rings (SSSR count). The molecule has 0 radical (unpaired) electrons. The number of hydrogen-bond donors (Lipinski definition) is 0. The average molecular weight is 276 g/mol. The largest absolute Gasteiger partial charge is 0.355 e. The standard InChI is InChI=1S/C15H18ClN3/c1-4-14-17-13(16)9-15(18-14)19(3)10-12-8-6-5-7-11(12)2/h5-9H,4,10H2,1-3H3. The lowest BCUT2D eigenvalue weighted by molar-refractivity contribution is 0.855. The van der Waals surface area contributed by atoms with Crippen LogP contribution in [0, 0.1) is 6.92 Å². The molecule has 19 heavy (non-hydrogen) atoms. The lowest BCUT2D eigenvalue weighted by atomic mass is 10.1. The van der Waals surface area contributed by atoms with Crippen LogP contribution in [0.1, 0.15) is 23.9 Å². The maximum atomic E-state index is 6.03. The SMILES string of the molecule is CCc1nc(Cl)cc(N(C)Cc2ccccc2C)n1. The lowest BCUT2D eigenvalue weighted by Gasteiger charge is -2.20. The quantitative estimate of drug-likeness (QED) is 0.798. The molecule has 0 atom stereocenters. The smallest absolute Gasteiger partial charge is 0.134 e. The zero-order chi connectivity index (χ0) is 13.8. The maximum Gasteiger partial charge on any atom is 0.134 e. The molecule has 3 nitrogen and oxygen atoms in total. The van der Waals surface area contributed by atoms with Crippen molar-refractivity contribution in [2.24, 2.45) is 0 Å². The highest BCUT2D eigenvalue weighted by Crippen LogP contribution is 2.18. The number of hydrogen-bond acceptors (Lipinski definition) is 3. The van der Waals surface area contributed by atoms with E-state index in [-0.39, 0.29) is 0 Å². The maximum absolute atomic E-state index is 6.03. The number of aromatic nitrogens is 2. The Hall–Kier alpha value is -1.61. The highest BCUT2D eigenvalue weighted by Gasteiger charge is 2.08. The summed E-state index contributed by atoms with van der Waals surface area (Å²) in [5.41, 5.74) is 2.57. The molecule has 0 aliphatic carbocycles. The van der Waals surface area contributed by atoms with Gasteiger partial charge in [-0.05, 0) is 18.1 Å². The van der Waals surface area contributed by atoms with Crippen LogP contribution >= 0.6 is 11.6 Å². The molecule has 2 aromatic rings. The van der Waals surface area contributed by atoms with Crippen LogP contribution in [0.2, 0.25) is 5.15 Å². The van der Waals surface area contributed by atoms with Gasteiger partial charge >= 0.3 is 0 Å². The summed E-state index contributed by atoms with van der Waals surface area (Å²) in [4.78, 5) is 10.8. The van der Waals surface area contributed by atoms with E-state index >= 15 is 0 Å². The van der Waals surface area contributed by atoms with Crippen molar-refractivity contribution in [2.45, 2.75) is 26.8 Å². The molecule has 1 aromatic carbocycles. The van der Waals surface area contributed by atoms with Gasteiger partial charge in [0.05, 0.1) is 0 Å². The van der Waals surface area contributed by atoms with Crippen LogP contribution in [0.5, 0.6) is 0 Å². The second-order valence-electron chi connectivity index (χ2n) is 4.60. The minimum absolute atomic E-state index is 0.499. The van der Waals surface area contributed by atoms with E-state index in [1.807, 2.05) is 14.0 Å². The zero-order valence-corrected chi connectivity index (χ0v) is 12.3. The molecule has 0 aliphatic rings. The van der Waals surface area contributed by atoms with E-state index < -0.39 is 0 Å². The van der Waals surface area contributed by atoms with Crippen molar-refractivity contribution < 1.29 is 0 Å². The fraction of sp³-hybridized carbons (Fsp3) is 0.333. The summed E-state index contributed by atoms with van der Waals surface area (Å²) in [5.74, 6) is 1.64. The van der Waals surface area contributed by atoms with Gasteiger partial charge in [0.1, 0.15) is 16.8 Å². The van der Waals surface area contributed by atoms with Gasteiger partial charge in [0.15, 0.2) is 0 Å². The minimum Gasteiger partial charge on any atom is -0.355 e. The molecule has 0 bridgehead atoms. The summed E-state index contributed by atoms with van der Waals surface area (Å²) in [6.07, 6.45) is 0.783. The van der Waals surface area contributed by atoms with E-state index in [2.05, 4.69) is 46.1 Å².